The van der Waals surface area contributed by atoms with E-state index in [1.165, 1.54) is 11.3 Å². The molecule has 0 spiro atoms. The van der Waals surface area contributed by atoms with Crippen LogP contribution in [0.1, 0.15) is 39.9 Å². The van der Waals surface area contributed by atoms with E-state index in [1.54, 1.807) is 0 Å². The largest absolute Gasteiger partial charge is 0.378 e. The summed E-state index contributed by atoms with van der Waals surface area (Å²) in [5.41, 5.74) is 0. The second kappa shape index (κ2) is 8.27. The SMILES string of the molecule is O=C(c1ccc([C@@H]2CCCN2C(=O)CCn2cccc2)s1)N1CCOCC1. The average Bonchev–Trinajstić information content (AvgIpc) is 3.47. The molecule has 7 heteroatoms. The van der Waals surface area contributed by atoms with E-state index in [4.69, 9.17) is 4.74 Å². The van der Waals surface area contributed by atoms with Crippen LogP contribution in [0.25, 0.3) is 0 Å². The number of nitrogens with zero attached hydrogens (tertiary/aromatic N) is 3. The number of hydrogen-bond acceptors (Lipinski definition) is 4. The summed E-state index contributed by atoms with van der Waals surface area (Å²) in [6.07, 6.45) is 6.47. The summed E-state index contributed by atoms with van der Waals surface area (Å²) >= 11 is 1.54. The quantitative estimate of drug-likeness (QED) is 0.793. The third-order valence-electron chi connectivity index (χ3n) is 5.29. The van der Waals surface area contributed by atoms with Crippen molar-refractivity contribution in [2.45, 2.75) is 31.8 Å². The van der Waals surface area contributed by atoms with Crippen LogP contribution < -0.4 is 0 Å². The van der Waals surface area contributed by atoms with Gasteiger partial charge in [-0.1, -0.05) is 0 Å². The molecule has 2 aromatic heterocycles. The Morgan fingerprint density at radius 1 is 1.11 bits per heavy atom. The van der Waals surface area contributed by atoms with Crippen molar-refractivity contribution < 1.29 is 14.3 Å². The zero-order valence-corrected chi connectivity index (χ0v) is 16.2. The van der Waals surface area contributed by atoms with Crippen LogP contribution >= 0.6 is 11.3 Å². The standard InChI is InChI=1S/C20H25N3O3S/c24-19(7-11-21-8-1-2-9-21)23-10-3-4-16(23)17-5-6-18(27-17)20(25)22-12-14-26-15-13-22/h1-2,5-6,8-9,16H,3-4,7,10-15H2/t16-/m0/s1. The fourth-order valence-corrected chi connectivity index (χ4v) is 4.94. The van der Waals surface area contributed by atoms with Gasteiger partial charge in [-0.05, 0) is 37.1 Å². The maximum absolute atomic E-state index is 12.7. The van der Waals surface area contributed by atoms with Crippen molar-refractivity contribution in [3.8, 4) is 0 Å². The molecule has 0 saturated carbocycles. The molecular weight excluding hydrogens is 362 g/mol. The Bertz CT molecular complexity index is 780. The first-order valence-electron chi connectivity index (χ1n) is 9.59. The van der Waals surface area contributed by atoms with Crippen LogP contribution in [0.3, 0.4) is 0 Å². The van der Waals surface area contributed by atoms with Gasteiger partial charge >= 0.3 is 0 Å². The molecule has 0 N–H and O–H groups in total. The van der Waals surface area contributed by atoms with Crippen LogP contribution in [0.15, 0.2) is 36.7 Å². The van der Waals surface area contributed by atoms with E-state index in [9.17, 15) is 9.59 Å². The molecule has 1 atom stereocenters. The number of ether oxygens (including phenoxy) is 1. The molecule has 2 saturated heterocycles. The first-order chi connectivity index (χ1) is 13.2. The Labute approximate surface area is 163 Å². The number of carbonyl (C=O) groups is 2. The fraction of sp³-hybridized carbons (Fsp3) is 0.500. The lowest BCUT2D eigenvalue weighted by atomic mass is 10.2. The smallest absolute Gasteiger partial charge is 0.264 e. The molecule has 2 aliphatic heterocycles. The first kappa shape index (κ1) is 18.3. The van der Waals surface area contributed by atoms with E-state index < -0.39 is 0 Å². The van der Waals surface area contributed by atoms with Crippen LogP contribution in [0.2, 0.25) is 0 Å². The highest BCUT2D eigenvalue weighted by Crippen LogP contribution is 2.36. The number of hydrogen-bond donors (Lipinski definition) is 0. The Kier molecular flexibility index (Phi) is 5.59. The van der Waals surface area contributed by atoms with Crippen molar-refractivity contribution in [1.82, 2.24) is 14.4 Å². The number of likely N-dealkylation sites (tertiary alicyclic amines) is 1. The molecule has 0 bridgehead atoms. The van der Waals surface area contributed by atoms with E-state index in [1.807, 2.05) is 51.0 Å². The number of aromatic nitrogens is 1. The van der Waals surface area contributed by atoms with Gasteiger partial charge in [-0.2, -0.15) is 0 Å². The molecule has 4 heterocycles. The Balaban J connectivity index is 1.40. The predicted molar refractivity (Wildman–Crippen MR) is 104 cm³/mol. The van der Waals surface area contributed by atoms with Crippen LogP contribution in [-0.2, 0) is 16.1 Å². The normalized spacial score (nSPS) is 20.2. The molecule has 2 fully saturated rings. The van der Waals surface area contributed by atoms with Gasteiger partial charge in [-0.3, -0.25) is 9.59 Å². The Morgan fingerprint density at radius 3 is 2.67 bits per heavy atom. The Morgan fingerprint density at radius 2 is 1.89 bits per heavy atom. The first-order valence-corrected chi connectivity index (χ1v) is 10.4. The Hall–Kier alpha value is -2.12. The molecule has 0 radical (unpaired) electrons. The van der Waals surface area contributed by atoms with Crippen molar-refractivity contribution in [3.05, 3.63) is 46.4 Å². The highest BCUT2D eigenvalue weighted by Gasteiger charge is 2.31. The fourth-order valence-electron chi connectivity index (χ4n) is 3.82. The monoisotopic (exact) mass is 387 g/mol. The van der Waals surface area contributed by atoms with Gasteiger partial charge in [0.15, 0.2) is 0 Å². The van der Waals surface area contributed by atoms with Gasteiger partial charge in [0.25, 0.3) is 5.91 Å². The summed E-state index contributed by atoms with van der Waals surface area (Å²) in [6, 6.07) is 8.00. The van der Waals surface area contributed by atoms with Crippen LogP contribution in [0.5, 0.6) is 0 Å². The molecule has 0 unspecified atom stereocenters. The highest BCUT2D eigenvalue weighted by atomic mass is 32.1. The van der Waals surface area contributed by atoms with Crippen molar-refractivity contribution in [3.63, 3.8) is 0 Å². The summed E-state index contributed by atoms with van der Waals surface area (Å²) in [7, 11) is 0. The van der Waals surface area contributed by atoms with Crippen LogP contribution in [-0.4, -0.2) is 59.0 Å². The summed E-state index contributed by atoms with van der Waals surface area (Å²) in [5, 5.41) is 0. The van der Waals surface area contributed by atoms with E-state index in [-0.39, 0.29) is 17.9 Å². The lowest BCUT2D eigenvalue weighted by molar-refractivity contribution is -0.132. The van der Waals surface area contributed by atoms with Crippen molar-refractivity contribution in [2.24, 2.45) is 0 Å². The second-order valence-electron chi connectivity index (χ2n) is 7.02. The van der Waals surface area contributed by atoms with Crippen molar-refractivity contribution in [2.75, 3.05) is 32.8 Å². The zero-order valence-electron chi connectivity index (χ0n) is 15.4. The van der Waals surface area contributed by atoms with E-state index >= 15 is 0 Å². The lowest BCUT2D eigenvalue weighted by Gasteiger charge is -2.26. The molecule has 0 aromatic carbocycles. The number of morpholine rings is 1. The molecule has 2 aromatic rings. The molecule has 4 rings (SSSR count). The highest BCUT2D eigenvalue weighted by molar-refractivity contribution is 7.14. The predicted octanol–water partition coefficient (Wildman–Crippen LogP) is 2.78. The summed E-state index contributed by atoms with van der Waals surface area (Å²) in [5.74, 6) is 0.277. The number of carbonyl (C=O) groups excluding carboxylic acids is 2. The summed E-state index contributed by atoms with van der Waals surface area (Å²) in [4.78, 5) is 31.2. The molecule has 144 valence electrons. The van der Waals surface area contributed by atoms with Gasteiger partial charge in [0, 0.05) is 49.9 Å². The molecule has 2 amide bonds. The maximum atomic E-state index is 12.7. The topological polar surface area (TPSA) is 54.8 Å². The van der Waals surface area contributed by atoms with E-state index in [0.717, 1.165) is 29.1 Å². The number of rotatable bonds is 5. The van der Waals surface area contributed by atoms with Gasteiger partial charge in [-0.25, -0.2) is 0 Å². The van der Waals surface area contributed by atoms with E-state index in [2.05, 4.69) is 0 Å². The van der Waals surface area contributed by atoms with Gasteiger partial charge in [0.2, 0.25) is 5.91 Å². The van der Waals surface area contributed by atoms with Crippen molar-refractivity contribution in [1.29, 1.82) is 0 Å². The second-order valence-corrected chi connectivity index (χ2v) is 8.14. The third-order valence-corrected chi connectivity index (χ3v) is 6.46. The minimum absolute atomic E-state index is 0.0815. The minimum atomic E-state index is 0.0815. The minimum Gasteiger partial charge on any atom is -0.378 e. The molecule has 27 heavy (non-hydrogen) atoms. The van der Waals surface area contributed by atoms with Crippen molar-refractivity contribution >= 4 is 23.2 Å². The lowest BCUT2D eigenvalue weighted by Crippen LogP contribution is -2.40. The molecular formula is C20H25N3O3S. The number of amides is 2. The average molecular weight is 388 g/mol. The number of thiophene rings is 1. The van der Waals surface area contributed by atoms with Crippen LogP contribution in [0.4, 0.5) is 0 Å². The number of aryl methyl sites for hydroxylation is 1. The molecule has 6 nitrogen and oxygen atoms in total. The van der Waals surface area contributed by atoms with Gasteiger partial charge in [0.05, 0.1) is 24.1 Å². The summed E-state index contributed by atoms with van der Waals surface area (Å²) in [6.45, 7) is 4.03. The zero-order chi connectivity index (χ0) is 18.6. The maximum Gasteiger partial charge on any atom is 0.264 e. The molecule has 2 aliphatic rings. The van der Waals surface area contributed by atoms with Gasteiger partial charge < -0.3 is 19.1 Å². The summed E-state index contributed by atoms with van der Waals surface area (Å²) < 4.78 is 7.36. The van der Waals surface area contributed by atoms with Gasteiger partial charge in [0.1, 0.15) is 0 Å². The van der Waals surface area contributed by atoms with E-state index in [0.29, 0.717) is 39.3 Å². The van der Waals surface area contributed by atoms with Crippen LogP contribution in [0, 0.1) is 0 Å². The van der Waals surface area contributed by atoms with Gasteiger partial charge in [-0.15, -0.1) is 11.3 Å². The third kappa shape index (κ3) is 4.09. The molecule has 0 aliphatic carbocycles.